The Bertz CT molecular complexity index is 1730. The molecule has 9 atom stereocenters. The van der Waals surface area contributed by atoms with Crippen LogP contribution in [0, 0.1) is 6.92 Å². The van der Waals surface area contributed by atoms with E-state index in [9.17, 15) is 60.3 Å². The van der Waals surface area contributed by atoms with Crippen LogP contribution in [0.2, 0.25) is 0 Å². The number of hydrogen-bond acceptors (Lipinski definition) is 20. The minimum absolute atomic E-state index is 0.0109. The molecule has 0 aliphatic rings. The van der Waals surface area contributed by atoms with E-state index < -0.39 is 66.8 Å². The lowest BCUT2D eigenvalue weighted by Crippen LogP contribution is -2.45. The zero-order valence-corrected chi connectivity index (χ0v) is 38.6. The Morgan fingerprint density at radius 3 is 1.13 bits per heavy atom. The Morgan fingerprint density at radius 2 is 0.851 bits per heavy atom. The van der Waals surface area contributed by atoms with Crippen LogP contribution in [0.25, 0.3) is 0 Å². The molecule has 0 radical (unpaired) electrons. The number of amides is 3. The van der Waals surface area contributed by atoms with Crippen molar-refractivity contribution in [3.8, 4) is 0 Å². The van der Waals surface area contributed by atoms with Gasteiger partial charge >= 0.3 is 0 Å². The summed E-state index contributed by atoms with van der Waals surface area (Å²) in [5, 5.41) is 122. The second-order valence-corrected chi connectivity index (χ2v) is 15.9. The van der Waals surface area contributed by atoms with Gasteiger partial charge in [0.25, 0.3) is 11.8 Å². The summed E-state index contributed by atoms with van der Waals surface area (Å²) in [6.07, 6.45) is -7.49. The largest absolute Gasteiger partial charge is 0.400 e. The van der Waals surface area contributed by atoms with Crippen LogP contribution in [0.4, 0.5) is 0 Å². The molecule has 0 aliphatic carbocycles. The molecule has 0 saturated carbocycles. The van der Waals surface area contributed by atoms with Crippen LogP contribution >= 0.6 is 0 Å². The highest BCUT2D eigenvalue weighted by molar-refractivity contribution is 5.94. The molecule has 3 amide bonds. The zero-order chi connectivity index (χ0) is 50.8. The van der Waals surface area contributed by atoms with Crippen molar-refractivity contribution in [2.24, 2.45) is 0 Å². The molecule has 0 bridgehead atoms. The normalized spacial score (nSPS) is 15.2. The Balaban J connectivity index is 0.00000120. The minimum Gasteiger partial charge on any atom is -0.400 e. The van der Waals surface area contributed by atoms with Gasteiger partial charge in [-0.15, -0.1) is 0 Å². The van der Waals surface area contributed by atoms with Gasteiger partial charge in [-0.25, -0.2) is 0 Å². The highest BCUT2D eigenvalue weighted by Gasteiger charge is 2.29. The van der Waals surface area contributed by atoms with Gasteiger partial charge in [-0.1, -0.05) is 6.07 Å². The van der Waals surface area contributed by atoms with Gasteiger partial charge in [-0.05, 0) is 62.1 Å². The quantitative estimate of drug-likeness (QED) is 0.0321. The summed E-state index contributed by atoms with van der Waals surface area (Å²) in [5.74, 6) is -0.903. The van der Waals surface area contributed by atoms with E-state index in [0.29, 0.717) is 37.4 Å². The summed E-state index contributed by atoms with van der Waals surface area (Å²) in [6, 6.07) is 10.5. The van der Waals surface area contributed by atoms with Gasteiger partial charge in [0.05, 0.1) is 64.8 Å². The first-order valence-corrected chi connectivity index (χ1v) is 21.4. The molecule has 3 aromatic heterocycles. The van der Waals surface area contributed by atoms with E-state index in [1.807, 2.05) is 24.0 Å². The maximum absolute atomic E-state index is 13.0. The van der Waals surface area contributed by atoms with E-state index in [-0.39, 0.29) is 69.8 Å². The lowest BCUT2D eigenvalue weighted by Gasteiger charge is -2.27. The van der Waals surface area contributed by atoms with E-state index in [2.05, 4.69) is 15.0 Å². The van der Waals surface area contributed by atoms with Gasteiger partial charge in [0.2, 0.25) is 6.41 Å². The molecule has 378 valence electrons. The molecule has 0 aliphatic heterocycles. The van der Waals surface area contributed by atoms with Crippen LogP contribution in [0.15, 0.2) is 55.0 Å². The third-order valence-electron chi connectivity index (χ3n) is 10.2. The number of carbonyl (C=O) groups is 3. The van der Waals surface area contributed by atoms with Crippen molar-refractivity contribution in [3.05, 3.63) is 88.8 Å². The first kappa shape index (κ1) is 60.3. The zero-order valence-electron chi connectivity index (χ0n) is 38.6. The lowest BCUT2D eigenvalue weighted by atomic mass is 10.0. The molecular weight excluding hydrogens is 883 g/mol. The highest BCUT2D eigenvalue weighted by atomic mass is 16.4. The van der Waals surface area contributed by atoms with Crippen LogP contribution < -0.4 is 0 Å². The van der Waals surface area contributed by atoms with Crippen molar-refractivity contribution in [3.63, 3.8) is 0 Å². The van der Waals surface area contributed by atoms with Crippen molar-refractivity contribution in [1.29, 1.82) is 0 Å². The summed E-state index contributed by atoms with van der Waals surface area (Å²) < 4.78 is 0. The highest BCUT2D eigenvalue weighted by Crippen LogP contribution is 2.16. The molecule has 3 rings (SSSR count). The van der Waals surface area contributed by atoms with Gasteiger partial charge in [0.1, 0.15) is 18.3 Å². The average Bonchev–Trinajstić information content (AvgIpc) is 3.32. The lowest BCUT2D eigenvalue weighted by molar-refractivity contribution is -0.121. The Labute approximate surface area is 390 Å². The van der Waals surface area contributed by atoms with Crippen LogP contribution in [0.5, 0.6) is 0 Å². The molecule has 3 aromatic rings. The number of aromatic nitrogens is 3. The maximum atomic E-state index is 13.0. The van der Waals surface area contributed by atoms with E-state index >= 15 is 0 Å². The molecule has 67 heavy (non-hydrogen) atoms. The molecule has 13 N–H and O–H groups in total. The topological polar surface area (TPSA) is 366 Å². The van der Waals surface area contributed by atoms with Crippen LogP contribution in [-0.4, -0.2) is 242 Å². The maximum Gasteiger partial charge on any atom is 0.255 e. The molecule has 0 saturated heterocycles. The van der Waals surface area contributed by atoms with E-state index in [1.54, 1.807) is 30.5 Å². The summed E-state index contributed by atoms with van der Waals surface area (Å²) in [5.41, 5.74) is 3.60. The van der Waals surface area contributed by atoms with E-state index in [1.165, 1.54) is 43.3 Å². The third kappa shape index (κ3) is 21.4. The number of aliphatic hydroxyl groups is 13. The monoisotopic (exact) mass is 953 g/mol. The minimum atomic E-state index is -1.53. The molecule has 23 nitrogen and oxygen atoms in total. The fourth-order valence-corrected chi connectivity index (χ4v) is 6.24. The van der Waals surface area contributed by atoms with Crippen LogP contribution in [0.3, 0.4) is 0 Å². The smallest absolute Gasteiger partial charge is 0.255 e. The Morgan fingerprint density at radius 1 is 0.522 bits per heavy atom. The fraction of sp³-hybridized carbons (Fsp3) is 0.591. The van der Waals surface area contributed by atoms with Gasteiger partial charge in [-0.3, -0.25) is 34.2 Å². The second-order valence-electron chi connectivity index (χ2n) is 15.9. The number of likely N-dealkylation sites (N-methyl/N-ethyl adjacent to an activating group) is 3. The molecule has 0 aromatic carbocycles. The number of hydrogen-bond donors (Lipinski definition) is 13. The van der Waals surface area contributed by atoms with Crippen LogP contribution in [0.1, 0.15) is 62.6 Å². The predicted molar refractivity (Wildman–Crippen MR) is 240 cm³/mol. The second kappa shape index (κ2) is 32.1. The summed E-state index contributed by atoms with van der Waals surface area (Å²) in [7, 11) is 5.34. The SMILES string of the molecule is CN(C=O)CC(O)C(O)C(O)CCO.CO.Cc1ccc(CN(Cc2ccc(C(=O)N(C)CC(O)C(O)C(O)CCO)cn2)Cc2ccc(C(=O)N(C)CC(O)C(O)C(O)CCO)cn2)nc1. The van der Waals surface area contributed by atoms with Gasteiger partial charge < -0.3 is 81.1 Å². The number of aliphatic hydroxyl groups excluding tert-OH is 13. The van der Waals surface area contributed by atoms with Gasteiger partial charge in [0, 0.05) is 106 Å². The molecular formula is C44H71N7O16. The summed E-state index contributed by atoms with van der Waals surface area (Å²) in [6.45, 7) is 1.51. The van der Waals surface area contributed by atoms with Crippen molar-refractivity contribution in [2.75, 3.05) is 67.7 Å². The Hall–Kier alpha value is -4.70. The summed E-state index contributed by atoms with van der Waals surface area (Å²) in [4.78, 5) is 55.2. The fourth-order valence-electron chi connectivity index (χ4n) is 6.24. The number of pyridine rings is 3. The van der Waals surface area contributed by atoms with Crippen LogP contribution in [-0.2, 0) is 24.4 Å². The molecule has 23 heteroatoms. The summed E-state index contributed by atoms with van der Waals surface area (Å²) >= 11 is 0. The van der Waals surface area contributed by atoms with Crippen molar-refractivity contribution in [2.45, 2.75) is 101 Å². The molecule has 0 spiro atoms. The first-order chi connectivity index (χ1) is 31.8. The first-order valence-electron chi connectivity index (χ1n) is 21.4. The Kier molecular flexibility index (Phi) is 28.9. The van der Waals surface area contributed by atoms with Crippen molar-refractivity contribution in [1.82, 2.24) is 34.6 Å². The van der Waals surface area contributed by atoms with E-state index in [4.69, 9.17) is 20.4 Å². The predicted octanol–water partition coefficient (Wildman–Crippen LogP) is -4.40. The molecule has 9 unspecified atom stereocenters. The molecule has 0 fully saturated rings. The van der Waals surface area contributed by atoms with Crippen molar-refractivity contribution < 1.29 is 80.8 Å². The third-order valence-corrected chi connectivity index (χ3v) is 10.2. The van der Waals surface area contributed by atoms with Crippen molar-refractivity contribution >= 4 is 18.2 Å². The standard InChI is InChI=1S/C35H50N6O10.C8H17NO5.CH4O/c1-22-4-7-25(36-14-22)17-41(18-26-8-5-23(15-37-26)34(50)39(2)20-30(46)32(48)28(44)10-12-42)19-27-9-6-24(16-38-27)35(51)40(3)21-31(47)33(49)29(45)11-13-43;1-9(5-11)4-7(13)8(14)6(12)2-3-10;1-2/h4-9,14-16,28-33,42-49H,10-13,17-21H2,1-3H3;5-8,10,12-14H,2-4H2,1H3;2H,1H3. The van der Waals surface area contributed by atoms with Gasteiger partial charge in [-0.2, -0.15) is 0 Å². The number of aryl methyl sites for hydroxylation is 1. The number of nitrogens with zero attached hydrogens (tertiary/aromatic N) is 7. The number of rotatable bonds is 27. The van der Waals surface area contributed by atoms with E-state index in [0.717, 1.165) is 23.3 Å². The molecule has 3 heterocycles. The number of carbonyl (C=O) groups excluding carboxylic acids is 3. The van der Waals surface area contributed by atoms with Gasteiger partial charge in [0.15, 0.2) is 0 Å². The average molecular weight is 954 g/mol.